The number of methoxy groups -OCH3 is 1. The first-order valence-electron chi connectivity index (χ1n) is 6.59. The van der Waals surface area contributed by atoms with Crippen LogP contribution >= 0.6 is 15.9 Å². The zero-order chi connectivity index (χ0) is 14.1. The van der Waals surface area contributed by atoms with Gasteiger partial charge in [0.25, 0.3) is 5.56 Å². The van der Waals surface area contributed by atoms with Gasteiger partial charge in [-0.2, -0.15) is 0 Å². The van der Waals surface area contributed by atoms with Gasteiger partial charge >= 0.3 is 0 Å². The van der Waals surface area contributed by atoms with E-state index in [1.54, 1.807) is 11.7 Å². The molecule has 5 nitrogen and oxygen atoms in total. The Kier molecular flexibility index (Phi) is 3.87. The first-order chi connectivity index (χ1) is 9.69. The SMILES string of the molecule is COCCN1CCn2c(nc3cc(Br)ccc3c2=O)C1. The molecule has 1 aliphatic rings. The van der Waals surface area contributed by atoms with Crippen LogP contribution in [-0.2, 0) is 17.8 Å². The van der Waals surface area contributed by atoms with Crippen molar-refractivity contribution in [3.8, 4) is 0 Å². The molecule has 20 heavy (non-hydrogen) atoms. The van der Waals surface area contributed by atoms with Crippen LogP contribution in [0.2, 0.25) is 0 Å². The van der Waals surface area contributed by atoms with Gasteiger partial charge in [-0.3, -0.25) is 14.3 Å². The number of nitrogens with zero attached hydrogens (tertiary/aromatic N) is 3. The van der Waals surface area contributed by atoms with Gasteiger partial charge in [-0.1, -0.05) is 15.9 Å². The van der Waals surface area contributed by atoms with Gasteiger partial charge in [0.2, 0.25) is 0 Å². The van der Waals surface area contributed by atoms with Crippen molar-refractivity contribution in [2.24, 2.45) is 0 Å². The van der Waals surface area contributed by atoms with E-state index in [-0.39, 0.29) is 5.56 Å². The average Bonchev–Trinajstić information content (AvgIpc) is 2.44. The lowest BCUT2D eigenvalue weighted by Crippen LogP contribution is -2.41. The van der Waals surface area contributed by atoms with Crippen molar-refractivity contribution in [2.75, 3.05) is 26.8 Å². The largest absolute Gasteiger partial charge is 0.383 e. The van der Waals surface area contributed by atoms with Crippen LogP contribution in [0, 0.1) is 0 Å². The Morgan fingerprint density at radius 3 is 3.05 bits per heavy atom. The molecule has 1 aromatic heterocycles. The predicted molar refractivity (Wildman–Crippen MR) is 80.9 cm³/mol. The number of hydrogen-bond donors (Lipinski definition) is 0. The highest BCUT2D eigenvalue weighted by atomic mass is 79.9. The number of halogens is 1. The highest BCUT2D eigenvalue weighted by Crippen LogP contribution is 2.17. The lowest BCUT2D eigenvalue weighted by atomic mass is 10.2. The number of hydrogen-bond acceptors (Lipinski definition) is 4. The van der Waals surface area contributed by atoms with Crippen LogP contribution in [0.1, 0.15) is 5.82 Å². The Balaban J connectivity index is 2.01. The second kappa shape index (κ2) is 5.63. The third kappa shape index (κ3) is 2.51. The summed E-state index contributed by atoms with van der Waals surface area (Å²) in [4.78, 5) is 19.4. The first kappa shape index (κ1) is 13.7. The van der Waals surface area contributed by atoms with Gasteiger partial charge in [0.1, 0.15) is 5.82 Å². The normalized spacial score (nSPS) is 15.5. The summed E-state index contributed by atoms with van der Waals surface area (Å²) in [6.45, 7) is 3.81. The topological polar surface area (TPSA) is 47.4 Å². The molecule has 0 unspecified atom stereocenters. The van der Waals surface area contributed by atoms with Crippen LogP contribution in [0.3, 0.4) is 0 Å². The van der Waals surface area contributed by atoms with Gasteiger partial charge < -0.3 is 4.74 Å². The molecule has 1 aromatic carbocycles. The summed E-state index contributed by atoms with van der Waals surface area (Å²) in [5, 5.41) is 0.683. The van der Waals surface area contributed by atoms with Crippen molar-refractivity contribution in [1.29, 1.82) is 0 Å². The Bertz CT molecular complexity index is 699. The molecular formula is C14H16BrN3O2. The van der Waals surface area contributed by atoms with Crippen LogP contribution in [0.25, 0.3) is 10.9 Å². The van der Waals surface area contributed by atoms with E-state index in [1.165, 1.54) is 0 Å². The zero-order valence-electron chi connectivity index (χ0n) is 11.3. The second-order valence-corrected chi connectivity index (χ2v) is 5.83. The summed E-state index contributed by atoms with van der Waals surface area (Å²) in [7, 11) is 1.70. The molecule has 0 atom stereocenters. The van der Waals surface area contributed by atoms with Crippen LogP contribution in [0.5, 0.6) is 0 Å². The van der Waals surface area contributed by atoms with E-state index in [4.69, 9.17) is 4.74 Å². The minimum Gasteiger partial charge on any atom is -0.383 e. The number of rotatable bonds is 3. The number of benzene rings is 1. The summed E-state index contributed by atoms with van der Waals surface area (Å²) in [6.07, 6.45) is 0. The molecule has 0 radical (unpaired) electrons. The molecule has 2 heterocycles. The highest BCUT2D eigenvalue weighted by Gasteiger charge is 2.19. The number of ether oxygens (including phenoxy) is 1. The van der Waals surface area contributed by atoms with Gasteiger partial charge in [0, 0.05) is 31.2 Å². The molecule has 0 aliphatic carbocycles. The van der Waals surface area contributed by atoms with E-state index in [0.717, 1.165) is 28.9 Å². The minimum atomic E-state index is 0.0592. The predicted octanol–water partition coefficient (Wildman–Crippen LogP) is 1.62. The first-order valence-corrected chi connectivity index (χ1v) is 7.38. The van der Waals surface area contributed by atoms with Crippen molar-refractivity contribution in [1.82, 2.24) is 14.5 Å². The van der Waals surface area contributed by atoms with E-state index in [1.807, 2.05) is 18.2 Å². The molecule has 0 fully saturated rings. The van der Waals surface area contributed by atoms with Gasteiger partial charge in [-0.25, -0.2) is 4.98 Å². The third-order valence-corrected chi connectivity index (χ3v) is 4.11. The van der Waals surface area contributed by atoms with Crippen LogP contribution < -0.4 is 5.56 Å². The molecule has 0 spiro atoms. The molecule has 0 saturated carbocycles. The highest BCUT2D eigenvalue weighted by molar-refractivity contribution is 9.10. The van der Waals surface area contributed by atoms with Gasteiger partial charge in [0.05, 0.1) is 24.1 Å². The fourth-order valence-electron chi connectivity index (χ4n) is 2.52. The summed E-state index contributed by atoms with van der Waals surface area (Å²) in [5.74, 6) is 0.836. The molecule has 0 amide bonds. The Morgan fingerprint density at radius 1 is 1.40 bits per heavy atom. The van der Waals surface area contributed by atoms with Gasteiger partial charge in [-0.05, 0) is 18.2 Å². The van der Waals surface area contributed by atoms with E-state index in [2.05, 4.69) is 25.8 Å². The summed E-state index contributed by atoms with van der Waals surface area (Å²) < 4.78 is 7.84. The molecule has 0 N–H and O–H groups in total. The van der Waals surface area contributed by atoms with Crippen LogP contribution in [0.15, 0.2) is 27.5 Å². The van der Waals surface area contributed by atoms with Crippen molar-refractivity contribution >= 4 is 26.8 Å². The van der Waals surface area contributed by atoms with E-state index in [9.17, 15) is 4.79 Å². The molecule has 6 heteroatoms. The van der Waals surface area contributed by atoms with Gasteiger partial charge in [0.15, 0.2) is 0 Å². The maximum atomic E-state index is 12.5. The Hall–Kier alpha value is -1.24. The van der Waals surface area contributed by atoms with E-state index in [0.29, 0.717) is 25.1 Å². The zero-order valence-corrected chi connectivity index (χ0v) is 12.9. The lowest BCUT2D eigenvalue weighted by Gasteiger charge is -2.28. The Morgan fingerprint density at radius 2 is 2.25 bits per heavy atom. The molecule has 1 aliphatic heterocycles. The second-order valence-electron chi connectivity index (χ2n) is 4.92. The van der Waals surface area contributed by atoms with E-state index < -0.39 is 0 Å². The molecule has 2 aromatic rings. The molecule has 0 bridgehead atoms. The van der Waals surface area contributed by atoms with Gasteiger partial charge in [-0.15, -0.1) is 0 Å². The fourth-order valence-corrected chi connectivity index (χ4v) is 2.87. The van der Waals surface area contributed by atoms with Crippen molar-refractivity contribution < 1.29 is 4.74 Å². The molecule has 3 rings (SSSR count). The lowest BCUT2D eigenvalue weighted by molar-refractivity contribution is 0.128. The van der Waals surface area contributed by atoms with Crippen molar-refractivity contribution in [2.45, 2.75) is 13.1 Å². The minimum absolute atomic E-state index is 0.0592. The molecule has 0 saturated heterocycles. The fraction of sp³-hybridized carbons (Fsp3) is 0.429. The smallest absolute Gasteiger partial charge is 0.261 e. The Labute approximate surface area is 125 Å². The summed E-state index contributed by atoms with van der Waals surface area (Å²) in [6, 6.07) is 5.61. The number of fused-ring (bicyclic) bond motifs is 2. The van der Waals surface area contributed by atoms with Crippen molar-refractivity contribution in [3.63, 3.8) is 0 Å². The monoisotopic (exact) mass is 337 g/mol. The van der Waals surface area contributed by atoms with E-state index >= 15 is 0 Å². The standard InChI is InChI=1S/C14H16BrN3O2/c1-20-7-6-17-4-5-18-13(9-17)16-12-8-10(15)2-3-11(12)14(18)19/h2-3,8H,4-7,9H2,1H3. The summed E-state index contributed by atoms with van der Waals surface area (Å²) in [5.41, 5.74) is 0.813. The van der Waals surface area contributed by atoms with Crippen molar-refractivity contribution in [3.05, 3.63) is 38.9 Å². The maximum absolute atomic E-state index is 12.5. The molecule has 106 valence electrons. The number of aromatic nitrogens is 2. The van der Waals surface area contributed by atoms with Crippen LogP contribution in [0.4, 0.5) is 0 Å². The third-order valence-electron chi connectivity index (χ3n) is 3.61. The quantitative estimate of drug-likeness (QED) is 0.853. The molecular weight excluding hydrogens is 322 g/mol. The average molecular weight is 338 g/mol. The maximum Gasteiger partial charge on any atom is 0.261 e. The summed E-state index contributed by atoms with van der Waals surface area (Å²) >= 11 is 3.42. The van der Waals surface area contributed by atoms with Crippen LogP contribution in [-0.4, -0.2) is 41.3 Å².